The van der Waals surface area contributed by atoms with Crippen molar-refractivity contribution in [3.05, 3.63) is 30.3 Å². The quantitative estimate of drug-likeness (QED) is 0.455. The summed E-state index contributed by atoms with van der Waals surface area (Å²) in [7, 11) is 1.70. The smallest absolute Gasteiger partial charge is 0.244 e. The number of anilines is 1. The van der Waals surface area contributed by atoms with E-state index in [1.807, 2.05) is 30.3 Å². The molecule has 0 unspecified atom stereocenters. The Kier molecular flexibility index (Phi) is 8.69. The Hall–Kier alpha value is -2.85. The molecule has 1 aliphatic rings. The number of hydrogen-bond acceptors (Lipinski definition) is 7. The molecule has 9 nitrogen and oxygen atoms in total. The molecule has 3 amide bonds. The number of likely N-dealkylation sites (N-methyl/N-ethyl adjacent to an activating group) is 1. The average Bonchev–Trinajstić information content (AvgIpc) is 3.29. The summed E-state index contributed by atoms with van der Waals surface area (Å²) < 4.78 is 3.93. The molecule has 2 atom stereocenters. The van der Waals surface area contributed by atoms with Crippen LogP contribution in [0.5, 0.6) is 0 Å². The van der Waals surface area contributed by atoms with E-state index >= 15 is 0 Å². The number of carbonyl (C=O) groups excluding carboxylic acids is 3. The highest BCUT2D eigenvalue weighted by Gasteiger charge is 2.32. The van der Waals surface area contributed by atoms with Gasteiger partial charge in [-0.05, 0) is 32.7 Å². The Balaban J connectivity index is 1.60. The molecule has 32 heavy (non-hydrogen) atoms. The van der Waals surface area contributed by atoms with Crippen molar-refractivity contribution in [3.8, 4) is 11.3 Å². The van der Waals surface area contributed by atoms with E-state index in [0.29, 0.717) is 10.7 Å². The standard InChI is InChI=1S/C22H30N6O3S/c1-14(23-2)20(30)26-18(15-9-5-3-6-10-15)21(31)24-13-17(29)25-22-19(27-28-32-22)16-11-7-4-8-12-16/h4,7-8,11-12,14-15,18,23H,3,5-6,9-10,13H2,1-2H3,(H,24,31)(H,25,29)(H,26,30)/t14-,18-/m0/s1. The Morgan fingerprint density at radius 2 is 1.81 bits per heavy atom. The number of nitrogens with zero attached hydrogens (tertiary/aromatic N) is 2. The normalized spacial score (nSPS) is 16.1. The molecular formula is C22H30N6O3S. The summed E-state index contributed by atoms with van der Waals surface area (Å²) in [6.07, 6.45) is 4.97. The molecule has 10 heteroatoms. The van der Waals surface area contributed by atoms with Crippen LogP contribution in [0.1, 0.15) is 39.0 Å². The molecule has 0 spiro atoms. The lowest BCUT2D eigenvalue weighted by molar-refractivity contribution is -0.132. The Bertz CT molecular complexity index is 913. The predicted molar refractivity (Wildman–Crippen MR) is 124 cm³/mol. The van der Waals surface area contributed by atoms with Crippen LogP contribution in [-0.4, -0.2) is 53.0 Å². The van der Waals surface area contributed by atoms with Crippen molar-refractivity contribution in [2.75, 3.05) is 18.9 Å². The topological polar surface area (TPSA) is 125 Å². The highest BCUT2D eigenvalue weighted by molar-refractivity contribution is 7.10. The third-order valence-corrected chi connectivity index (χ3v) is 6.38. The van der Waals surface area contributed by atoms with Crippen LogP contribution in [0, 0.1) is 5.92 Å². The third kappa shape index (κ3) is 6.33. The Labute approximate surface area is 191 Å². The lowest BCUT2D eigenvalue weighted by atomic mass is 9.83. The molecule has 172 valence electrons. The summed E-state index contributed by atoms with van der Waals surface area (Å²) in [6, 6.07) is 8.37. The minimum atomic E-state index is -0.656. The van der Waals surface area contributed by atoms with Crippen molar-refractivity contribution in [1.29, 1.82) is 0 Å². The minimum absolute atomic E-state index is 0.0650. The zero-order valence-corrected chi connectivity index (χ0v) is 19.2. The van der Waals surface area contributed by atoms with Gasteiger partial charge in [-0.3, -0.25) is 14.4 Å². The summed E-state index contributed by atoms with van der Waals surface area (Å²) in [6.45, 7) is 1.54. The van der Waals surface area contributed by atoms with Gasteiger partial charge in [-0.25, -0.2) is 0 Å². The second-order valence-electron chi connectivity index (χ2n) is 7.98. The van der Waals surface area contributed by atoms with Gasteiger partial charge in [0.15, 0.2) is 0 Å². The van der Waals surface area contributed by atoms with Crippen molar-refractivity contribution < 1.29 is 14.4 Å². The van der Waals surface area contributed by atoms with E-state index in [-0.39, 0.29) is 30.2 Å². The van der Waals surface area contributed by atoms with Crippen LogP contribution in [0.15, 0.2) is 30.3 Å². The van der Waals surface area contributed by atoms with Crippen molar-refractivity contribution in [3.63, 3.8) is 0 Å². The van der Waals surface area contributed by atoms with Crippen molar-refractivity contribution in [1.82, 2.24) is 25.5 Å². The van der Waals surface area contributed by atoms with Crippen molar-refractivity contribution in [2.45, 2.75) is 51.1 Å². The summed E-state index contributed by atoms with van der Waals surface area (Å²) >= 11 is 1.08. The van der Waals surface area contributed by atoms with Gasteiger partial charge in [-0.1, -0.05) is 54.1 Å². The zero-order chi connectivity index (χ0) is 22.9. The molecule has 0 radical (unpaired) electrons. The maximum absolute atomic E-state index is 12.9. The van der Waals surface area contributed by atoms with Crippen LogP contribution in [0.3, 0.4) is 0 Å². The highest BCUT2D eigenvalue weighted by Crippen LogP contribution is 2.28. The largest absolute Gasteiger partial charge is 0.345 e. The van der Waals surface area contributed by atoms with Crippen LogP contribution < -0.4 is 21.3 Å². The molecule has 1 fully saturated rings. The van der Waals surface area contributed by atoms with Gasteiger partial charge in [0.1, 0.15) is 16.7 Å². The van der Waals surface area contributed by atoms with Gasteiger partial charge in [0, 0.05) is 17.1 Å². The van der Waals surface area contributed by atoms with Gasteiger partial charge in [-0.2, -0.15) is 0 Å². The monoisotopic (exact) mass is 458 g/mol. The predicted octanol–water partition coefficient (Wildman–Crippen LogP) is 1.93. The van der Waals surface area contributed by atoms with E-state index < -0.39 is 12.1 Å². The van der Waals surface area contributed by atoms with Gasteiger partial charge in [0.25, 0.3) is 0 Å². The molecule has 0 saturated heterocycles. The zero-order valence-electron chi connectivity index (χ0n) is 18.4. The van der Waals surface area contributed by atoms with E-state index in [2.05, 4.69) is 30.9 Å². The maximum atomic E-state index is 12.9. The molecule has 0 bridgehead atoms. The third-order valence-electron chi connectivity index (χ3n) is 5.74. The molecule has 4 N–H and O–H groups in total. The lowest BCUT2D eigenvalue weighted by Gasteiger charge is -2.30. The van der Waals surface area contributed by atoms with Crippen LogP contribution >= 0.6 is 11.5 Å². The number of aromatic nitrogens is 2. The Morgan fingerprint density at radius 3 is 2.50 bits per heavy atom. The maximum Gasteiger partial charge on any atom is 0.244 e. The van der Waals surface area contributed by atoms with E-state index in [0.717, 1.165) is 49.2 Å². The molecule has 1 aliphatic carbocycles. The molecule has 1 saturated carbocycles. The van der Waals surface area contributed by atoms with Gasteiger partial charge in [-0.15, -0.1) is 5.10 Å². The number of carbonyl (C=O) groups is 3. The number of hydrogen-bond donors (Lipinski definition) is 4. The fourth-order valence-corrected chi connectivity index (χ4v) is 4.39. The fourth-order valence-electron chi connectivity index (χ4n) is 3.78. The summed E-state index contributed by atoms with van der Waals surface area (Å²) in [4.78, 5) is 37.8. The molecule has 3 rings (SSSR count). The first kappa shape index (κ1) is 23.8. The Morgan fingerprint density at radius 1 is 1.09 bits per heavy atom. The van der Waals surface area contributed by atoms with E-state index in [4.69, 9.17) is 0 Å². The van der Waals surface area contributed by atoms with Crippen molar-refractivity contribution in [2.24, 2.45) is 5.92 Å². The molecule has 1 heterocycles. The second kappa shape index (κ2) is 11.7. The molecular weight excluding hydrogens is 428 g/mol. The van der Waals surface area contributed by atoms with Crippen molar-refractivity contribution >= 4 is 34.3 Å². The molecule has 1 aromatic heterocycles. The first-order valence-corrected chi connectivity index (χ1v) is 11.7. The van der Waals surface area contributed by atoms with Crippen LogP contribution in [-0.2, 0) is 14.4 Å². The van der Waals surface area contributed by atoms with Gasteiger partial charge < -0.3 is 21.3 Å². The number of amides is 3. The minimum Gasteiger partial charge on any atom is -0.345 e. The summed E-state index contributed by atoms with van der Waals surface area (Å²) in [5.74, 6) is -0.880. The number of nitrogens with one attached hydrogen (secondary N) is 4. The second-order valence-corrected chi connectivity index (χ2v) is 8.73. The first-order valence-electron chi connectivity index (χ1n) is 10.9. The van der Waals surface area contributed by atoms with Gasteiger partial charge in [0.2, 0.25) is 17.7 Å². The van der Waals surface area contributed by atoms with E-state index in [9.17, 15) is 14.4 Å². The van der Waals surface area contributed by atoms with Gasteiger partial charge >= 0.3 is 0 Å². The first-order chi connectivity index (χ1) is 15.5. The lowest BCUT2D eigenvalue weighted by Crippen LogP contribution is -2.55. The van der Waals surface area contributed by atoms with Crippen LogP contribution in [0.4, 0.5) is 5.00 Å². The molecule has 2 aromatic rings. The fraction of sp³-hybridized carbons (Fsp3) is 0.500. The molecule has 0 aliphatic heterocycles. The number of benzene rings is 1. The summed E-state index contributed by atoms with van der Waals surface area (Å²) in [5, 5.41) is 15.8. The summed E-state index contributed by atoms with van der Waals surface area (Å²) in [5.41, 5.74) is 1.43. The van der Waals surface area contributed by atoms with E-state index in [1.165, 1.54) is 0 Å². The van der Waals surface area contributed by atoms with E-state index in [1.54, 1.807) is 14.0 Å². The number of rotatable bonds is 9. The SMILES string of the molecule is CN[C@@H](C)C(=O)N[C@H](C(=O)NCC(=O)Nc1snnc1-c1ccccc1)C1CCCCC1. The highest BCUT2D eigenvalue weighted by atomic mass is 32.1. The average molecular weight is 459 g/mol. The van der Waals surface area contributed by atoms with Crippen LogP contribution in [0.2, 0.25) is 0 Å². The van der Waals surface area contributed by atoms with Gasteiger partial charge in [0.05, 0.1) is 12.6 Å². The van der Waals surface area contributed by atoms with Crippen LogP contribution in [0.25, 0.3) is 11.3 Å². The molecule has 1 aromatic carbocycles.